The molecular weight excluding hydrogens is 332 g/mol. The van der Waals surface area contributed by atoms with Crippen molar-refractivity contribution in [3.63, 3.8) is 0 Å². The number of hydrogen-bond donors (Lipinski definition) is 2. The van der Waals surface area contributed by atoms with Crippen LogP contribution < -0.4 is 11.2 Å². The maximum Gasteiger partial charge on any atom is 0.331 e. The first kappa shape index (κ1) is 18.1. The van der Waals surface area contributed by atoms with Gasteiger partial charge in [-0.25, -0.2) is 4.79 Å². The van der Waals surface area contributed by atoms with Crippen LogP contribution in [0.2, 0.25) is 0 Å². The molecule has 0 spiro atoms. The Labute approximate surface area is 151 Å². The van der Waals surface area contributed by atoms with Gasteiger partial charge < -0.3 is 10.0 Å². The average molecular weight is 356 g/mol. The predicted molar refractivity (Wildman–Crippen MR) is 101 cm³/mol. The van der Waals surface area contributed by atoms with Gasteiger partial charge in [0.2, 0.25) is 5.88 Å². The van der Waals surface area contributed by atoms with Gasteiger partial charge in [0.15, 0.2) is 0 Å². The first-order valence-electron chi connectivity index (χ1n) is 8.97. The van der Waals surface area contributed by atoms with Crippen molar-refractivity contribution in [2.75, 3.05) is 26.2 Å². The Kier molecular flexibility index (Phi) is 6.01. The zero-order valence-corrected chi connectivity index (χ0v) is 14.7. The van der Waals surface area contributed by atoms with E-state index in [1.807, 2.05) is 30.3 Å². The molecule has 2 N–H and O–H groups in total. The molecule has 0 aliphatic carbocycles. The fraction of sp³-hybridized carbons (Fsp3) is 0.421. The fourth-order valence-electron chi connectivity index (χ4n) is 3.14. The van der Waals surface area contributed by atoms with Gasteiger partial charge in [0.25, 0.3) is 5.56 Å². The minimum absolute atomic E-state index is 0.0131. The summed E-state index contributed by atoms with van der Waals surface area (Å²) in [6, 6.07) is 9.28. The number of H-pyrrole nitrogens is 1. The van der Waals surface area contributed by atoms with E-state index in [4.69, 9.17) is 0 Å². The van der Waals surface area contributed by atoms with Gasteiger partial charge in [0, 0.05) is 12.8 Å². The van der Waals surface area contributed by atoms with Crippen molar-refractivity contribution >= 4 is 6.21 Å². The van der Waals surface area contributed by atoms with Crippen LogP contribution in [0.4, 0.5) is 0 Å². The zero-order valence-electron chi connectivity index (χ0n) is 14.7. The van der Waals surface area contributed by atoms with Crippen LogP contribution in [-0.4, -0.2) is 52.0 Å². The van der Waals surface area contributed by atoms with Crippen LogP contribution in [-0.2, 0) is 6.54 Å². The first-order valence-corrected chi connectivity index (χ1v) is 8.97. The molecule has 0 bridgehead atoms. The standard InChI is InChI=1S/C19H24N4O3/c24-17-16(13-20-9-12-22-10-5-2-6-11-22)18(25)23(19(26)21-17)14-15-7-3-1-4-8-15/h1,3-4,7-8,13,25H,2,5-6,9-12,14H2,(H,21,24,26). The van der Waals surface area contributed by atoms with Gasteiger partial charge in [-0.3, -0.25) is 19.3 Å². The highest BCUT2D eigenvalue weighted by atomic mass is 16.3. The van der Waals surface area contributed by atoms with Crippen LogP contribution in [0.1, 0.15) is 30.4 Å². The summed E-state index contributed by atoms with van der Waals surface area (Å²) in [7, 11) is 0. The maximum atomic E-state index is 12.1. The van der Waals surface area contributed by atoms with Crippen molar-refractivity contribution in [1.29, 1.82) is 0 Å². The zero-order chi connectivity index (χ0) is 18.4. The van der Waals surface area contributed by atoms with E-state index >= 15 is 0 Å². The van der Waals surface area contributed by atoms with Crippen molar-refractivity contribution in [3.05, 3.63) is 62.3 Å². The molecule has 1 aromatic heterocycles. The topological polar surface area (TPSA) is 90.7 Å². The van der Waals surface area contributed by atoms with Crippen LogP contribution in [0.3, 0.4) is 0 Å². The van der Waals surface area contributed by atoms with E-state index in [2.05, 4.69) is 14.9 Å². The summed E-state index contributed by atoms with van der Waals surface area (Å²) in [6.07, 6.45) is 5.08. The number of aromatic amines is 1. The van der Waals surface area contributed by atoms with Gasteiger partial charge in [-0.05, 0) is 31.5 Å². The number of aromatic hydroxyl groups is 1. The summed E-state index contributed by atoms with van der Waals surface area (Å²) in [6.45, 7) is 3.74. The van der Waals surface area contributed by atoms with Gasteiger partial charge in [-0.2, -0.15) is 0 Å². The van der Waals surface area contributed by atoms with Crippen molar-refractivity contribution in [2.45, 2.75) is 25.8 Å². The normalized spacial score (nSPS) is 15.5. The van der Waals surface area contributed by atoms with Gasteiger partial charge in [0.1, 0.15) is 5.56 Å². The van der Waals surface area contributed by atoms with Crippen molar-refractivity contribution < 1.29 is 5.11 Å². The molecule has 2 aromatic rings. The molecule has 1 aromatic carbocycles. The number of aliphatic imine (C=N–C) groups is 1. The van der Waals surface area contributed by atoms with Gasteiger partial charge in [-0.15, -0.1) is 0 Å². The second-order valence-corrected chi connectivity index (χ2v) is 6.51. The molecule has 0 amide bonds. The Morgan fingerprint density at radius 3 is 2.58 bits per heavy atom. The molecule has 7 nitrogen and oxygen atoms in total. The van der Waals surface area contributed by atoms with Crippen molar-refractivity contribution in [3.8, 4) is 5.88 Å². The van der Waals surface area contributed by atoms with Crippen LogP contribution in [0, 0.1) is 0 Å². The molecule has 1 aliphatic heterocycles. The van der Waals surface area contributed by atoms with E-state index in [1.165, 1.54) is 25.5 Å². The van der Waals surface area contributed by atoms with E-state index in [0.29, 0.717) is 6.54 Å². The highest BCUT2D eigenvalue weighted by Crippen LogP contribution is 2.11. The van der Waals surface area contributed by atoms with E-state index in [-0.39, 0.29) is 18.0 Å². The van der Waals surface area contributed by atoms with Gasteiger partial charge in [-0.1, -0.05) is 36.8 Å². The molecule has 1 aliphatic rings. The monoisotopic (exact) mass is 356 g/mol. The summed E-state index contributed by atoms with van der Waals surface area (Å²) >= 11 is 0. The Hall–Kier alpha value is -2.67. The average Bonchev–Trinajstić information content (AvgIpc) is 2.66. The number of benzene rings is 1. The summed E-state index contributed by atoms with van der Waals surface area (Å²) in [4.78, 5) is 33.0. The third kappa shape index (κ3) is 4.49. The van der Waals surface area contributed by atoms with Crippen molar-refractivity contribution in [2.24, 2.45) is 4.99 Å². The van der Waals surface area contributed by atoms with Crippen molar-refractivity contribution in [1.82, 2.24) is 14.5 Å². The van der Waals surface area contributed by atoms with Crippen LogP contribution in [0.5, 0.6) is 5.88 Å². The third-order valence-corrected chi connectivity index (χ3v) is 4.60. The first-order chi connectivity index (χ1) is 12.6. The number of nitrogens with zero attached hydrogens (tertiary/aromatic N) is 3. The molecule has 2 heterocycles. The Morgan fingerprint density at radius 1 is 1.12 bits per heavy atom. The Morgan fingerprint density at radius 2 is 1.85 bits per heavy atom. The lowest BCUT2D eigenvalue weighted by Crippen LogP contribution is -2.33. The van der Waals surface area contributed by atoms with Gasteiger partial charge in [0.05, 0.1) is 13.1 Å². The molecule has 1 saturated heterocycles. The summed E-state index contributed by atoms with van der Waals surface area (Å²) < 4.78 is 1.14. The van der Waals surface area contributed by atoms with Crippen LogP contribution >= 0.6 is 0 Å². The lowest BCUT2D eigenvalue weighted by Gasteiger charge is -2.25. The molecule has 138 valence electrons. The minimum Gasteiger partial charge on any atom is -0.494 e. The number of nitrogens with one attached hydrogen (secondary N) is 1. The maximum absolute atomic E-state index is 12.1. The number of rotatable bonds is 6. The number of hydrogen-bond acceptors (Lipinski definition) is 5. The molecule has 0 saturated carbocycles. The van der Waals surface area contributed by atoms with E-state index in [1.54, 1.807) is 0 Å². The minimum atomic E-state index is -0.637. The van der Waals surface area contributed by atoms with E-state index in [9.17, 15) is 14.7 Å². The molecule has 0 radical (unpaired) electrons. The molecular formula is C19H24N4O3. The smallest absolute Gasteiger partial charge is 0.331 e. The quantitative estimate of drug-likeness (QED) is 0.761. The molecule has 1 fully saturated rings. The Balaban J connectivity index is 1.74. The highest BCUT2D eigenvalue weighted by molar-refractivity contribution is 5.81. The lowest BCUT2D eigenvalue weighted by molar-refractivity contribution is 0.235. The summed E-state index contributed by atoms with van der Waals surface area (Å²) in [5, 5.41) is 10.4. The van der Waals surface area contributed by atoms with E-state index in [0.717, 1.165) is 29.8 Å². The molecule has 7 heteroatoms. The van der Waals surface area contributed by atoms with E-state index < -0.39 is 11.2 Å². The van der Waals surface area contributed by atoms with Crippen LogP contribution in [0.25, 0.3) is 0 Å². The second-order valence-electron chi connectivity index (χ2n) is 6.51. The SMILES string of the molecule is O=c1[nH]c(=O)n(Cc2ccccc2)c(O)c1C=NCCN1CCCCC1. The Bertz CT molecular complexity index is 865. The van der Waals surface area contributed by atoms with Gasteiger partial charge >= 0.3 is 5.69 Å². The van der Waals surface area contributed by atoms with Crippen LogP contribution in [0.15, 0.2) is 44.9 Å². The molecule has 0 atom stereocenters. The highest BCUT2D eigenvalue weighted by Gasteiger charge is 2.13. The fourth-order valence-corrected chi connectivity index (χ4v) is 3.14. The number of likely N-dealkylation sites (tertiary alicyclic amines) is 1. The predicted octanol–water partition coefficient (Wildman–Crippen LogP) is 1.20. The largest absolute Gasteiger partial charge is 0.494 e. The molecule has 3 rings (SSSR count). The molecule has 26 heavy (non-hydrogen) atoms. The second kappa shape index (κ2) is 8.62. The summed E-state index contributed by atoms with van der Waals surface area (Å²) in [5.41, 5.74) is -0.399. The lowest BCUT2D eigenvalue weighted by atomic mass is 10.1. The third-order valence-electron chi connectivity index (χ3n) is 4.60. The number of piperidine rings is 1. The number of aromatic nitrogens is 2. The molecule has 0 unspecified atom stereocenters. The summed E-state index contributed by atoms with van der Waals surface area (Å²) in [5.74, 6) is -0.357.